The topological polar surface area (TPSA) is 64.3 Å². The van der Waals surface area contributed by atoms with Crippen molar-refractivity contribution in [2.45, 2.75) is 13.3 Å². The SMILES string of the molecule is CC(F)Oc1cc(C(=O)O)cc2c1ncn2C. The van der Waals surface area contributed by atoms with Crippen LogP contribution >= 0.6 is 0 Å². The van der Waals surface area contributed by atoms with E-state index < -0.39 is 12.3 Å². The molecular weight excluding hydrogens is 227 g/mol. The Labute approximate surface area is 96.4 Å². The van der Waals surface area contributed by atoms with Gasteiger partial charge in [-0.25, -0.2) is 14.2 Å². The number of carboxylic acids is 1. The van der Waals surface area contributed by atoms with E-state index in [1.54, 1.807) is 11.6 Å². The maximum Gasteiger partial charge on any atom is 0.335 e. The monoisotopic (exact) mass is 238 g/mol. The summed E-state index contributed by atoms with van der Waals surface area (Å²) < 4.78 is 19.4. The van der Waals surface area contributed by atoms with Gasteiger partial charge in [-0.2, -0.15) is 0 Å². The third-order valence-corrected chi connectivity index (χ3v) is 2.33. The van der Waals surface area contributed by atoms with Gasteiger partial charge in [0.15, 0.2) is 5.75 Å². The van der Waals surface area contributed by atoms with Gasteiger partial charge in [0.2, 0.25) is 6.36 Å². The zero-order chi connectivity index (χ0) is 12.6. The maximum atomic E-state index is 12.9. The van der Waals surface area contributed by atoms with Gasteiger partial charge in [-0.15, -0.1) is 0 Å². The second kappa shape index (κ2) is 4.04. The molecule has 0 saturated heterocycles. The highest BCUT2D eigenvalue weighted by Crippen LogP contribution is 2.27. The Balaban J connectivity index is 2.66. The number of rotatable bonds is 3. The van der Waals surface area contributed by atoms with Gasteiger partial charge in [0.1, 0.15) is 5.52 Å². The molecule has 1 unspecified atom stereocenters. The maximum absolute atomic E-state index is 12.9. The Morgan fingerprint density at radius 2 is 2.29 bits per heavy atom. The Morgan fingerprint density at radius 1 is 1.59 bits per heavy atom. The summed E-state index contributed by atoms with van der Waals surface area (Å²) in [6.45, 7) is 1.22. The number of imidazole rings is 1. The summed E-state index contributed by atoms with van der Waals surface area (Å²) >= 11 is 0. The molecule has 90 valence electrons. The van der Waals surface area contributed by atoms with E-state index in [-0.39, 0.29) is 11.3 Å². The fourth-order valence-electron chi connectivity index (χ4n) is 1.59. The van der Waals surface area contributed by atoms with E-state index in [9.17, 15) is 9.18 Å². The number of carboxylic acid groups (broad SMARTS) is 1. The van der Waals surface area contributed by atoms with Crippen LogP contribution in [0, 0.1) is 0 Å². The number of aromatic nitrogens is 2. The van der Waals surface area contributed by atoms with Crippen molar-refractivity contribution in [3.05, 3.63) is 24.0 Å². The molecule has 0 bridgehead atoms. The number of aryl methyl sites for hydroxylation is 1. The van der Waals surface area contributed by atoms with E-state index in [4.69, 9.17) is 9.84 Å². The first kappa shape index (κ1) is 11.4. The lowest BCUT2D eigenvalue weighted by molar-refractivity contribution is 0.0691. The molecule has 5 nitrogen and oxygen atoms in total. The highest BCUT2D eigenvalue weighted by atomic mass is 19.1. The highest BCUT2D eigenvalue weighted by molar-refractivity contribution is 5.95. The van der Waals surface area contributed by atoms with Crippen LogP contribution in [0.5, 0.6) is 5.75 Å². The third kappa shape index (κ3) is 2.06. The molecule has 0 aliphatic rings. The third-order valence-electron chi connectivity index (χ3n) is 2.33. The molecule has 6 heteroatoms. The van der Waals surface area contributed by atoms with Gasteiger partial charge in [0.05, 0.1) is 17.4 Å². The lowest BCUT2D eigenvalue weighted by Crippen LogP contribution is -2.06. The molecule has 2 aromatic rings. The van der Waals surface area contributed by atoms with Crippen LogP contribution in [0.25, 0.3) is 11.0 Å². The summed E-state index contributed by atoms with van der Waals surface area (Å²) in [4.78, 5) is 15.0. The Hall–Kier alpha value is -2.11. The van der Waals surface area contributed by atoms with Crippen molar-refractivity contribution >= 4 is 17.0 Å². The quantitative estimate of drug-likeness (QED) is 0.887. The van der Waals surface area contributed by atoms with Gasteiger partial charge in [0, 0.05) is 14.0 Å². The van der Waals surface area contributed by atoms with Crippen molar-refractivity contribution in [1.29, 1.82) is 0 Å². The second-order valence-corrected chi connectivity index (χ2v) is 3.66. The summed E-state index contributed by atoms with van der Waals surface area (Å²) in [5, 5.41) is 8.95. The smallest absolute Gasteiger partial charge is 0.335 e. The van der Waals surface area contributed by atoms with Crippen molar-refractivity contribution in [1.82, 2.24) is 9.55 Å². The minimum absolute atomic E-state index is 0.0387. The molecule has 1 aromatic heterocycles. The molecule has 0 radical (unpaired) electrons. The average Bonchev–Trinajstić information content (AvgIpc) is 2.60. The molecular formula is C11H11FN2O3. The van der Waals surface area contributed by atoms with Crippen molar-refractivity contribution < 1.29 is 19.0 Å². The number of hydrogen-bond acceptors (Lipinski definition) is 3. The standard InChI is InChI=1S/C11H11FN2O3/c1-6(12)17-9-4-7(11(15)16)3-8-10(9)13-5-14(8)2/h3-6H,1-2H3,(H,15,16). The number of halogens is 1. The van der Waals surface area contributed by atoms with E-state index in [2.05, 4.69) is 4.98 Å². The van der Waals surface area contributed by atoms with Gasteiger partial charge in [0.25, 0.3) is 0 Å². The van der Waals surface area contributed by atoms with Crippen LogP contribution in [0.4, 0.5) is 4.39 Å². The van der Waals surface area contributed by atoms with Crippen molar-refractivity contribution in [2.75, 3.05) is 0 Å². The summed E-state index contributed by atoms with van der Waals surface area (Å²) in [7, 11) is 1.73. The Morgan fingerprint density at radius 3 is 2.88 bits per heavy atom. The molecule has 1 aromatic carbocycles. The van der Waals surface area contributed by atoms with E-state index in [1.165, 1.54) is 25.4 Å². The minimum Gasteiger partial charge on any atom is -0.478 e. The summed E-state index contributed by atoms with van der Waals surface area (Å²) in [5.41, 5.74) is 1.07. The number of fused-ring (bicyclic) bond motifs is 1. The van der Waals surface area contributed by atoms with Crippen molar-refractivity contribution in [2.24, 2.45) is 7.05 Å². The normalized spacial score (nSPS) is 12.6. The molecule has 1 heterocycles. The van der Waals surface area contributed by atoms with Crippen LogP contribution in [-0.4, -0.2) is 27.0 Å². The lowest BCUT2D eigenvalue weighted by Gasteiger charge is -2.08. The zero-order valence-corrected chi connectivity index (χ0v) is 9.35. The van der Waals surface area contributed by atoms with Crippen LogP contribution in [-0.2, 0) is 7.05 Å². The van der Waals surface area contributed by atoms with E-state index in [0.29, 0.717) is 11.0 Å². The molecule has 1 N–H and O–H groups in total. The first-order chi connectivity index (χ1) is 7.99. The Bertz CT molecular complexity index is 577. The predicted octanol–water partition coefficient (Wildman–Crippen LogP) is 1.97. The molecule has 0 fully saturated rings. The van der Waals surface area contributed by atoms with Gasteiger partial charge in [-0.1, -0.05) is 0 Å². The van der Waals surface area contributed by atoms with Gasteiger partial charge < -0.3 is 14.4 Å². The van der Waals surface area contributed by atoms with Crippen LogP contribution in [0.3, 0.4) is 0 Å². The molecule has 0 amide bonds. The van der Waals surface area contributed by atoms with Gasteiger partial charge >= 0.3 is 5.97 Å². The fourth-order valence-corrected chi connectivity index (χ4v) is 1.59. The van der Waals surface area contributed by atoms with Crippen LogP contribution in [0.2, 0.25) is 0 Å². The Kier molecular flexibility index (Phi) is 2.71. The van der Waals surface area contributed by atoms with E-state index >= 15 is 0 Å². The highest BCUT2D eigenvalue weighted by Gasteiger charge is 2.14. The summed E-state index contributed by atoms with van der Waals surface area (Å²) in [6.07, 6.45) is -0.00395. The molecule has 2 rings (SSSR count). The molecule has 0 aliphatic heterocycles. The first-order valence-corrected chi connectivity index (χ1v) is 4.98. The summed E-state index contributed by atoms with van der Waals surface area (Å²) in [5.74, 6) is -0.958. The van der Waals surface area contributed by atoms with Crippen molar-refractivity contribution in [3.8, 4) is 5.75 Å². The number of alkyl halides is 1. The average molecular weight is 238 g/mol. The number of benzene rings is 1. The second-order valence-electron chi connectivity index (χ2n) is 3.66. The number of nitrogens with zero attached hydrogens (tertiary/aromatic N) is 2. The number of carbonyl (C=O) groups is 1. The van der Waals surface area contributed by atoms with Crippen LogP contribution in [0.1, 0.15) is 17.3 Å². The molecule has 0 saturated carbocycles. The predicted molar refractivity (Wildman–Crippen MR) is 58.9 cm³/mol. The minimum atomic E-state index is -1.52. The largest absolute Gasteiger partial charge is 0.478 e. The first-order valence-electron chi connectivity index (χ1n) is 4.98. The van der Waals surface area contributed by atoms with Gasteiger partial charge in [-0.3, -0.25) is 0 Å². The van der Waals surface area contributed by atoms with Crippen LogP contribution < -0.4 is 4.74 Å². The molecule has 0 spiro atoms. The lowest BCUT2D eigenvalue weighted by atomic mass is 10.2. The zero-order valence-electron chi connectivity index (χ0n) is 9.35. The number of aromatic carboxylic acids is 1. The number of hydrogen-bond donors (Lipinski definition) is 1. The van der Waals surface area contributed by atoms with E-state index in [1.807, 2.05) is 0 Å². The molecule has 1 atom stereocenters. The molecule has 17 heavy (non-hydrogen) atoms. The van der Waals surface area contributed by atoms with Crippen LogP contribution in [0.15, 0.2) is 18.5 Å². The summed E-state index contributed by atoms with van der Waals surface area (Å²) in [6, 6.07) is 2.74. The molecule has 0 aliphatic carbocycles. The fraction of sp³-hybridized carbons (Fsp3) is 0.273. The van der Waals surface area contributed by atoms with E-state index in [0.717, 1.165) is 0 Å². The number of ether oxygens (including phenoxy) is 1. The van der Waals surface area contributed by atoms with Crippen molar-refractivity contribution in [3.63, 3.8) is 0 Å². The van der Waals surface area contributed by atoms with Gasteiger partial charge in [-0.05, 0) is 12.1 Å².